The molecule has 1 aromatic heterocycles. The highest BCUT2D eigenvalue weighted by atomic mass is 32.2. The van der Waals surface area contributed by atoms with E-state index >= 15 is 0 Å². The molecule has 3 N–H and O–H groups in total. The minimum atomic E-state index is -0.838. The topological polar surface area (TPSA) is 116 Å². The lowest BCUT2D eigenvalue weighted by Crippen LogP contribution is -2.51. The summed E-state index contributed by atoms with van der Waals surface area (Å²) in [6.07, 6.45) is 5.08. The summed E-state index contributed by atoms with van der Waals surface area (Å²) in [4.78, 5) is 36.9. The summed E-state index contributed by atoms with van der Waals surface area (Å²) in [5.74, 6) is -0.737. The first-order chi connectivity index (χ1) is 12.5. The standard InChI is InChI=1S/C15H22N6O3S2/c1-2-8-16-12-18-19-14(26-12)25-9-10(22)20-21-11(23)15(17-13(21)24)6-4-3-5-7-15/h2-9H2,1H3,(H,16,18)(H,17,24)(H,20,22). The number of urea groups is 1. The number of nitrogens with zero attached hydrogens (tertiary/aromatic N) is 3. The highest BCUT2D eigenvalue weighted by Gasteiger charge is 2.52. The van der Waals surface area contributed by atoms with Crippen molar-refractivity contribution >= 4 is 46.1 Å². The summed E-state index contributed by atoms with van der Waals surface area (Å²) in [5.41, 5.74) is 1.58. The van der Waals surface area contributed by atoms with Crippen LogP contribution in [-0.4, -0.2) is 50.9 Å². The number of hydrogen-bond donors (Lipinski definition) is 3. The van der Waals surface area contributed by atoms with Crippen molar-refractivity contribution in [3.63, 3.8) is 0 Å². The summed E-state index contributed by atoms with van der Waals surface area (Å²) < 4.78 is 0.653. The first-order valence-corrected chi connectivity index (χ1v) is 10.5. The summed E-state index contributed by atoms with van der Waals surface area (Å²) in [7, 11) is 0. The lowest BCUT2D eigenvalue weighted by atomic mass is 9.82. The van der Waals surface area contributed by atoms with Gasteiger partial charge in [-0.25, -0.2) is 4.79 Å². The van der Waals surface area contributed by atoms with Gasteiger partial charge in [-0.15, -0.1) is 10.2 Å². The normalized spacial score (nSPS) is 18.9. The van der Waals surface area contributed by atoms with Crippen molar-refractivity contribution < 1.29 is 14.4 Å². The lowest BCUT2D eigenvalue weighted by molar-refractivity contribution is -0.139. The van der Waals surface area contributed by atoms with Crippen LogP contribution in [0.4, 0.5) is 9.93 Å². The molecule has 0 bridgehead atoms. The number of carbonyl (C=O) groups is 3. The fourth-order valence-electron chi connectivity index (χ4n) is 3.07. The maximum atomic E-state index is 12.6. The average Bonchev–Trinajstić information content (AvgIpc) is 3.18. The van der Waals surface area contributed by atoms with Crippen molar-refractivity contribution in [3.8, 4) is 0 Å². The third kappa shape index (κ3) is 4.09. The Bertz CT molecular complexity index is 689. The van der Waals surface area contributed by atoms with Crippen molar-refractivity contribution in [1.29, 1.82) is 0 Å². The SMILES string of the molecule is CCCNc1nnc(SCC(=O)NN2C(=O)NC3(CCCCC3)C2=O)s1. The van der Waals surface area contributed by atoms with Crippen LogP contribution < -0.4 is 16.1 Å². The van der Waals surface area contributed by atoms with E-state index in [1.165, 1.54) is 23.1 Å². The van der Waals surface area contributed by atoms with Crippen LogP contribution in [-0.2, 0) is 9.59 Å². The highest BCUT2D eigenvalue weighted by Crippen LogP contribution is 2.33. The number of hydrogen-bond acceptors (Lipinski definition) is 8. The van der Waals surface area contributed by atoms with E-state index in [0.717, 1.165) is 37.2 Å². The summed E-state index contributed by atoms with van der Waals surface area (Å²) in [6, 6.07) is -0.558. The number of carbonyl (C=O) groups excluding carboxylic acids is 3. The molecule has 4 amide bonds. The first kappa shape index (κ1) is 18.9. The molecule has 2 fully saturated rings. The van der Waals surface area contributed by atoms with Gasteiger partial charge in [0.1, 0.15) is 5.54 Å². The molecule has 3 rings (SSSR count). The number of aromatic nitrogens is 2. The predicted octanol–water partition coefficient (Wildman–Crippen LogP) is 1.74. The minimum absolute atomic E-state index is 0.0481. The third-order valence-electron chi connectivity index (χ3n) is 4.36. The molecule has 1 spiro atoms. The molecule has 2 aliphatic rings. The summed E-state index contributed by atoms with van der Waals surface area (Å²) in [5, 5.41) is 15.4. The quantitative estimate of drug-likeness (QED) is 0.473. The Morgan fingerprint density at radius 2 is 2.08 bits per heavy atom. The van der Waals surface area contributed by atoms with Gasteiger partial charge in [-0.1, -0.05) is 49.3 Å². The number of anilines is 1. The van der Waals surface area contributed by atoms with Gasteiger partial charge in [0.05, 0.1) is 5.75 Å². The fraction of sp³-hybridized carbons (Fsp3) is 0.667. The van der Waals surface area contributed by atoms with Crippen molar-refractivity contribution in [2.45, 2.75) is 55.3 Å². The van der Waals surface area contributed by atoms with Crippen LogP contribution >= 0.6 is 23.1 Å². The number of nitrogens with one attached hydrogen (secondary N) is 3. The Morgan fingerprint density at radius 1 is 1.31 bits per heavy atom. The van der Waals surface area contributed by atoms with Gasteiger partial charge in [0.15, 0.2) is 4.34 Å². The molecule has 1 saturated heterocycles. The van der Waals surface area contributed by atoms with Crippen molar-refractivity contribution in [2.75, 3.05) is 17.6 Å². The van der Waals surface area contributed by atoms with E-state index < -0.39 is 17.5 Å². The van der Waals surface area contributed by atoms with E-state index in [-0.39, 0.29) is 11.7 Å². The molecule has 11 heteroatoms. The van der Waals surface area contributed by atoms with E-state index in [0.29, 0.717) is 22.3 Å². The largest absolute Gasteiger partial charge is 0.360 e. The molecular formula is C15H22N6O3S2. The number of imide groups is 1. The molecule has 1 saturated carbocycles. The Balaban J connectivity index is 1.51. The van der Waals surface area contributed by atoms with Crippen LogP contribution in [0.15, 0.2) is 4.34 Å². The van der Waals surface area contributed by atoms with Gasteiger partial charge in [0, 0.05) is 6.54 Å². The van der Waals surface area contributed by atoms with Gasteiger partial charge in [-0.05, 0) is 19.3 Å². The van der Waals surface area contributed by atoms with Gasteiger partial charge >= 0.3 is 6.03 Å². The molecule has 0 radical (unpaired) electrons. The second-order valence-corrected chi connectivity index (χ2v) is 8.54. The van der Waals surface area contributed by atoms with Crippen LogP contribution in [0.5, 0.6) is 0 Å². The van der Waals surface area contributed by atoms with Gasteiger partial charge in [0.25, 0.3) is 5.91 Å². The number of rotatable bonds is 7. The van der Waals surface area contributed by atoms with Gasteiger partial charge in [-0.3, -0.25) is 15.0 Å². The maximum absolute atomic E-state index is 12.6. The Hall–Kier alpha value is -1.88. The van der Waals surface area contributed by atoms with E-state index in [2.05, 4.69) is 33.2 Å². The van der Waals surface area contributed by atoms with Gasteiger partial charge in [0.2, 0.25) is 11.0 Å². The molecule has 1 aromatic rings. The molecule has 26 heavy (non-hydrogen) atoms. The van der Waals surface area contributed by atoms with Crippen molar-refractivity contribution in [2.24, 2.45) is 0 Å². The Kier molecular flexibility index (Phi) is 5.97. The highest BCUT2D eigenvalue weighted by molar-refractivity contribution is 8.01. The second-order valence-electron chi connectivity index (χ2n) is 6.34. The zero-order valence-corrected chi connectivity index (χ0v) is 16.2. The molecule has 0 aromatic carbocycles. The fourth-order valence-corrected chi connectivity index (χ4v) is 4.64. The monoisotopic (exact) mass is 398 g/mol. The second kappa shape index (κ2) is 8.21. The first-order valence-electron chi connectivity index (χ1n) is 8.70. The number of thioether (sulfide) groups is 1. The molecule has 0 atom stereocenters. The van der Waals surface area contributed by atoms with E-state index in [1.54, 1.807) is 0 Å². The minimum Gasteiger partial charge on any atom is -0.360 e. The summed E-state index contributed by atoms with van der Waals surface area (Å²) in [6.45, 7) is 2.87. The number of amides is 4. The molecule has 142 valence electrons. The Labute approximate surface area is 159 Å². The smallest absolute Gasteiger partial charge is 0.344 e. The van der Waals surface area contributed by atoms with Gasteiger partial charge in [-0.2, -0.15) is 5.01 Å². The Morgan fingerprint density at radius 3 is 2.81 bits per heavy atom. The third-order valence-corrected chi connectivity index (χ3v) is 6.38. The van der Waals surface area contributed by atoms with Crippen LogP contribution in [0.1, 0.15) is 45.4 Å². The maximum Gasteiger partial charge on any atom is 0.344 e. The van der Waals surface area contributed by atoms with E-state index in [9.17, 15) is 14.4 Å². The molecule has 1 aliphatic carbocycles. The van der Waals surface area contributed by atoms with E-state index in [4.69, 9.17) is 0 Å². The van der Waals surface area contributed by atoms with Crippen LogP contribution in [0.2, 0.25) is 0 Å². The van der Waals surface area contributed by atoms with E-state index in [1.807, 2.05) is 0 Å². The zero-order chi connectivity index (χ0) is 18.6. The van der Waals surface area contributed by atoms with Crippen LogP contribution in [0.3, 0.4) is 0 Å². The molecule has 2 heterocycles. The van der Waals surface area contributed by atoms with Crippen molar-refractivity contribution in [3.05, 3.63) is 0 Å². The van der Waals surface area contributed by atoms with Crippen LogP contribution in [0, 0.1) is 0 Å². The molecule has 1 aliphatic heterocycles. The average molecular weight is 399 g/mol. The van der Waals surface area contributed by atoms with Crippen molar-refractivity contribution in [1.82, 2.24) is 25.9 Å². The zero-order valence-electron chi connectivity index (χ0n) is 14.5. The molecule has 9 nitrogen and oxygen atoms in total. The summed E-state index contributed by atoms with van der Waals surface area (Å²) >= 11 is 2.58. The predicted molar refractivity (Wildman–Crippen MR) is 98.8 cm³/mol. The lowest BCUT2D eigenvalue weighted by Gasteiger charge is -2.30. The molecular weight excluding hydrogens is 376 g/mol. The van der Waals surface area contributed by atoms with Crippen LogP contribution in [0.25, 0.3) is 0 Å². The van der Waals surface area contributed by atoms with Gasteiger partial charge < -0.3 is 10.6 Å². The molecule has 0 unspecified atom stereocenters. The number of hydrazine groups is 1.